The summed E-state index contributed by atoms with van der Waals surface area (Å²) >= 11 is 0. The van der Waals surface area contributed by atoms with Gasteiger partial charge >= 0.3 is 12.1 Å². The van der Waals surface area contributed by atoms with Crippen LogP contribution in [0.5, 0.6) is 0 Å². The smallest absolute Gasteiger partial charge is 0.475 e. The molecule has 11 heteroatoms. The minimum absolute atomic E-state index is 0.000390. The lowest BCUT2D eigenvalue weighted by Crippen LogP contribution is -2.53. The van der Waals surface area contributed by atoms with Crippen LogP contribution in [0.15, 0.2) is 36.5 Å². The number of nitrogens with zero attached hydrogens (tertiary/aromatic N) is 3. The molecule has 4 rings (SSSR count). The van der Waals surface area contributed by atoms with Crippen LogP contribution in [0.25, 0.3) is 10.9 Å². The van der Waals surface area contributed by atoms with Crippen molar-refractivity contribution in [1.82, 2.24) is 14.8 Å². The third-order valence-electron chi connectivity index (χ3n) is 5.09. The van der Waals surface area contributed by atoms with Gasteiger partial charge in [-0.05, 0) is 19.1 Å². The lowest BCUT2D eigenvalue weighted by atomic mass is 10.1. The topological polar surface area (TPSA) is 100 Å². The molecule has 2 amide bonds. The molecule has 2 aliphatic heterocycles. The van der Waals surface area contributed by atoms with Crippen molar-refractivity contribution >= 4 is 28.7 Å². The van der Waals surface area contributed by atoms with Crippen molar-refractivity contribution < 1.29 is 37.4 Å². The van der Waals surface area contributed by atoms with Gasteiger partial charge in [0.25, 0.3) is 5.91 Å². The number of carboxylic acid groups (broad SMARTS) is 1. The molecule has 1 N–H and O–H groups in total. The second-order valence-electron chi connectivity index (χ2n) is 7.03. The Labute approximate surface area is 175 Å². The zero-order valence-electron chi connectivity index (χ0n) is 16.5. The van der Waals surface area contributed by atoms with Gasteiger partial charge < -0.3 is 19.6 Å². The summed E-state index contributed by atoms with van der Waals surface area (Å²) in [6.45, 7) is 3.73. The van der Waals surface area contributed by atoms with Gasteiger partial charge in [0.05, 0.1) is 23.2 Å². The number of likely N-dealkylation sites (tertiary alicyclic amines) is 1. The molecule has 0 saturated carbocycles. The molecule has 166 valence electrons. The van der Waals surface area contributed by atoms with Crippen molar-refractivity contribution in [1.29, 1.82) is 0 Å². The molecule has 0 unspecified atom stereocenters. The molecule has 1 aromatic heterocycles. The number of benzene rings is 1. The van der Waals surface area contributed by atoms with Gasteiger partial charge in [-0.1, -0.05) is 18.2 Å². The summed E-state index contributed by atoms with van der Waals surface area (Å²) in [7, 11) is 0. The normalized spacial score (nSPS) is 20.8. The third-order valence-corrected chi connectivity index (χ3v) is 5.09. The highest BCUT2D eigenvalue weighted by atomic mass is 19.4. The zero-order chi connectivity index (χ0) is 22.8. The Morgan fingerprint density at radius 3 is 2.58 bits per heavy atom. The fraction of sp³-hybridized carbons (Fsp3) is 0.400. The second-order valence-corrected chi connectivity index (χ2v) is 7.03. The Morgan fingerprint density at radius 2 is 1.94 bits per heavy atom. The SMILES string of the molecule is CCN1C(=O)CO[C@@H]2CN(C(=O)c3cnc4ccccc4c3)C[C@H]21.O=C(O)C(F)(F)F. The van der Waals surface area contributed by atoms with Crippen LogP contribution in [-0.4, -0.2) is 82.2 Å². The lowest BCUT2D eigenvalue weighted by Gasteiger charge is -2.35. The number of carboxylic acids is 1. The molecule has 2 saturated heterocycles. The molecular formula is C20H20F3N3O5. The first-order chi connectivity index (χ1) is 14.6. The Balaban J connectivity index is 0.000000339. The molecule has 2 atom stereocenters. The van der Waals surface area contributed by atoms with E-state index in [4.69, 9.17) is 14.6 Å². The predicted molar refractivity (Wildman–Crippen MR) is 102 cm³/mol. The van der Waals surface area contributed by atoms with E-state index in [2.05, 4.69) is 4.98 Å². The minimum Gasteiger partial charge on any atom is -0.475 e. The van der Waals surface area contributed by atoms with Crippen molar-refractivity contribution in [3.05, 3.63) is 42.1 Å². The fourth-order valence-corrected chi connectivity index (χ4v) is 3.61. The summed E-state index contributed by atoms with van der Waals surface area (Å²) in [5, 5.41) is 8.07. The van der Waals surface area contributed by atoms with Crippen molar-refractivity contribution in [3.8, 4) is 0 Å². The summed E-state index contributed by atoms with van der Waals surface area (Å²) in [5.41, 5.74) is 1.44. The van der Waals surface area contributed by atoms with E-state index in [0.717, 1.165) is 10.9 Å². The molecule has 0 spiro atoms. The van der Waals surface area contributed by atoms with Gasteiger partial charge in [0.2, 0.25) is 5.91 Å². The number of aliphatic carboxylic acids is 1. The van der Waals surface area contributed by atoms with E-state index in [1.54, 1.807) is 11.1 Å². The highest BCUT2D eigenvalue weighted by molar-refractivity contribution is 5.97. The molecule has 3 heterocycles. The van der Waals surface area contributed by atoms with E-state index in [9.17, 15) is 22.8 Å². The monoisotopic (exact) mass is 439 g/mol. The van der Waals surface area contributed by atoms with Crippen LogP contribution in [0, 0.1) is 0 Å². The van der Waals surface area contributed by atoms with Crippen molar-refractivity contribution in [2.24, 2.45) is 0 Å². The first kappa shape index (κ1) is 22.5. The van der Waals surface area contributed by atoms with Gasteiger partial charge in [-0.15, -0.1) is 0 Å². The van der Waals surface area contributed by atoms with Crippen LogP contribution in [0.1, 0.15) is 17.3 Å². The number of halogens is 3. The van der Waals surface area contributed by atoms with E-state index in [-0.39, 0.29) is 30.6 Å². The quantitative estimate of drug-likeness (QED) is 0.768. The summed E-state index contributed by atoms with van der Waals surface area (Å²) in [6.07, 6.45) is -3.56. The molecule has 2 fully saturated rings. The van der Waals surface area contributed by atoms with Gasteiger partial charge in [-0.2, -0.15) is 13.2 Å². The molecular weight excluding hydrogens is 419 g/mol. The van der Waals surface area contributed by atoms with Crippen LogP contribution in [0.3, 0.4) is 0 Å². The number of morpholine rings is 1. The van der Waals surface area contributed by atoms with Gasteiger partial charge in [0, 0.05) is 31.2 Å². The van der Waals surface area contributed by atoms with Gasteiger partial charge in [0.1, 0.15) is 6.61 Å². The van der Waals surface area contributed by atoms with Crippen molar-refractivity contribution in [3.63, 3.8) is 0 Å². The number of ether oxygens (including phenoxy) is 1. The molecule has 31 heavy (non-hydrogen) atoms. The van der Waals surface area contributed by atoms with E-state index < -0.39 is 12.1 Å². The minimum atomic E-state index is -5.08. The molecule has 0 radical (unpaired) electrons. The van der Waals surface area contributed by atoms with Gasteiger partial charge in [-0.3, -0.25) is 14.6 Å². The molecule has 8 nitrogen and oxygen atoms in total. The number of carbonyl (C=O) groups is 3. The van der Waals surface area contributed by atoms with Crippen LogP contribution >= 0.6 is 0 Å². The van der Waals surface area contributed by atoms with Crippen molar-refractivity contribution in [2.75, 3.05) is 26.2 Å². The number of hydrogen-bond acceptors (Lipinski definition) is 5. The third kappa shape index (κ3) is 4.93. The van der Waals surface area contributed by atoms with Crippen LogP contribution in [0.4, 0.5) is 13.2 Å². The van der Waals surface area contributed by atoms with Crippen LogP contribution in [-0.2, 0) is 14.3 Å². The number of hydrogen-bond donors (Lipinski definition) is 1. The first-order valence-electron chi connectivity index (χ1n) is 9.47. The predicted octanol–water partition coefficient (Wildman–Crippen LogP) is 1.94. The summed E-state index contributed by atoms with van der Waals surface area (Å²) in [5.74, 6) is -2.82. The number of likely N-dealkylation sites (N-methyl/N-ethyl adjacent to an activating group) is 1. The van der Waals surface area contributed by atoms with E-state index >= 15 is 0 Å². The van der Waals surface area contributed by atoms with Crippen LogP contribution in [0.2, 0.25) is 0 Å². The van der Waals surface area contributed by atoms with E-state index in [1.807, 2.05) is 42.2 Å². The fourth-order valence-electron chi connectivity index (χ4n) is 3.61. The van der Waals surface area contributed by atoms with Crippen molar-refractivity contribution in [2.45, 2.75) is 25.2 Å². The number of amides is 2. The van der Waals surface area contributed by atoms with Crippen LogP contribution < -0.4 is 0 Å². The maximum absolute atomic E-state index is 12.8. The summed E-state index contributed by atoms with van der Waals surface area (Å²) < 4.78 is 37.4. The zero-order valence-corrected chi connectivity index (χ0v) is 16.5. The number of carbonyl (C=O) groups excluding carboxylic acids is 2. The average molecular weight is 439 g/mol. The number of aromatic nitrogens is 1. The van der Waals surface area contributed by atoms with E-state index in [1.165, 1.54) is 0 Å². The highest BCUT2D eigenvalue weighted by Gasteiger charge is 2.44. The number of para-hydroxylation sites is 1. The molecule has 1 aromatic carbocycles. The molecule has 0 bridgehead atoms. The molecule has 0 aliphatic carbocycles. The Kier molecular flexibility index (Phi) is 6.44. The largest absolute Gasteiger partial charge is 0.490 e. The summed E-state index contributed by atoms with van der Waals surface area (Å²) in [6, 6.07) is 9.55. The Hall–Kier alpha value is -3.21. The molecule has 2 aliphatic rings. The highest BCUT2D eigenvalue weighted by Crippen LogP contribution is 2.25. The number of alkyl halides is 3. The lowest BCUT2D eigenvalue weighted by molar-refractivity contribution is -0.192. The number of fused-ring (bicyclic) bond motifs is 2. The second kappa shape index (κ2) is 8.88. The van der Waals surface area contributed by atoms with Gasteiger partial charge in [0.15, 0.2) is 0 Å². The number of pyridine rings is 1. The molecule has 2 aromatic rings. The Morgan fingerprint density at radius 1 is 1.26 bits per heavy atom. The van der Waals surface area contributed by atoms with Gasteiger partial charge in [-0.25, -0.2) is 4.79 Å². The van der Waals surface area contributed by atoms with E-state index in [0.29, 0.717) is 25.2 Å². The Bertz CT molecular complexity index is 997. The summed E-state index contributed by atoms with van der Waals surface area (Å²) in [4.78, 5) is 41.6. The maximum atomic E-state index is 12.8. The maximum Gasteiger partial charge on any atom is 0.490 e. The number of rotatable bonds is 2. The standard InChI is InChI=1S/C18H19N3O3.C2HF3O2/c1-2-21-15-9-20(10-16(15)24-11-17(21)22)18(23)13-7-12-5-3-4-6-14(12)19-8-13;3-2(4,5)1(6)7/h3-8,15-16H,2,9-11H2,1H3;(H,6,7)/t15-,16-;/m1./s1. The first-order valence-corrected chi connectivity index (χ1v) is 9.47. The average Bonchev–Trinajstić information content (AvgIpc) is 3.17.